The van der Waals surface area contributed by atoms with E-state index in [4.69, 9.17) is 22.0 Å². The van der Waals surface area contributed by atoms with Gasteiger partial charge in [0, 0.05) is 0 Å². The third kappa shape index (κ3) is 1.79. The molecule has 0 aromatic rings. The summed E-state index contributed by atoms with van der Waals surface area (Å²) in [5, 5.41) is 20.8. The van der Waals surface area contributed by atoms with Crippen LogP contribution in [0.15, 0.2) is 10.3 Å². The van der Waals surface area contributed by atoms with Crippen LogP contribution in [0.4, 0.5) is 0 Å². The Hall–Kier alpha value is -0.770. The van der Waals surface area contributed by atoms with E-state index in [1.54, 1.807) is 0 Å². The Bertz CT molecular complexity index is 115. The first kappa shape index (κ1) is 7.23. The molecule has 0 heterocycles. The van der Waals surface area contributed by atoms with Crippen LogP contribution in [0.1, 0.15) is 6.92 Å². The Morgan fingerprint density at radius 2 is 1.88 bits per heavy atom. The summed E-state index contributed by atoms with van der Waals surface area (Å²) in [7, 11) is 0. The molecule has 46 valence electrons. The molecular weight excluding hydrogens is 131 g/mol. The number of halogens is 1. The zero-order chi connectivity index (χ0) is 6.57. The van der Waals surface area contributed by atoms with Crippen molar-refractivity contribution in [2.45, 2.75) is 6.92 Å². The molecule has 0 aliphatic carbocycles. The van der Waals surface area contributed by atoms with E-state index >= 15 is 0 Å². The number of nitrogens with zero attached hydrogens (tertiary/aromatic N) is 2. The second kappa shape index (κ2) is 3.26. The van der Waals surface area contributed by atoms with Crippen molar-refractivity contribution in [1.29, 1.82) is 0 Å². The molecule has 0 aromatic carbocycles. The fraction of sp³-hybridized carbons (Fsp3) is 0.333. The van der Waals surface area contributed by atoms with Crippen molar-refractivity contribution in [2.75, 3.05) is 0 Å². The van der Waals surface area contributed by atoms with E-state index < -0.39 is 0 Å². The predicted molar refractivity (Wildman–Crippen MR) is 30.0 cm³/mol. The number of oxime groups is 2. The van der Waals surface area contributed by atoms with Gasteiger partial charge in [-0.1, -0.05) is 21.9 Å². The van der Waals surface area contributed by atoms with Gasteiger partial charge >= 0.3 is 0 Å². The van der Waals surface area contributed by atoms with Gasteiger partial charge in [-0.15, -0.1) is 0 Å². The molecule has 0 saturated carbocycles. The van der Waals surface area contributed by atoms with Gasteiger partial charge in [0.1, 0.15) is 5.71 Å². The molecule has 0 aliphatic rings. The third-order valence-corrected chi connectivity index (χ3v) is 0.885. The average molecular weight is 137 g/mol. The van der Waals surface area contributed by atoms with Gasteiger partial charge in [-0.3, -0.25) is 0 Å². The van der Waals surface area contributed by atoms with Crippen molar-refractivity contribution in [2.24, 2.45) is 10.3 Å². The highest BCUT2D eigenvalue weighted by Gasteiger charge is 1.97. The van der Waals surface area contributed by atoms with Crippen LogP contribution in [0.25, 0.3) is 0 Å². The van der Waals surface area contributed by atoms with E-state index in [0.717, 1.165) is 0 Å². The highest BCUT2D eigenvalue weighted by Crippen LogP contribution is 1.86. The topological polar surface area (TPSA) is 65.2 Å². The van der Waals surface area contributed by atoms with Gasteiger partial charge in [0.15, 0.2) is 5.17 Å². The van der Waals surface area contributed by atoms with Crippen LogP contribution < -0.4 is 0 Å². The summed E-state index contributed by atoms with van der Waals surface area (Å²) in [5.41, 5.74) is 0.0779. The predicted octanol–water partition coefficient (Wildman–Crippen LogP) is 0.863. The molecule has 0 bridgehead atoms. The van der Waals surface area contributed by atoms with Crippen molar-refractivity contribution in [3.05, 3.63) is 0 Å². The lowest BCUT2D eigenvalue weighted by Gasteiger charge is -1.86. The molecule has 0 unspecified atom stereocenters. The molecule has 0 amide bonds. The fourth-order valence-electron chi connectivity index (χ4n) is 0.114. The van der Waals surface area contributed by atoms with Crippen LogP contribution in [0.5, 0.6) is 0 Å². The van der Waals surface area contributed by atoms with Gasteiger partial charge in [-0.2, -0.15) is 0 Å². The Morgan fingerprint density at radius 3 is 2.00 bits per heavy atom. The van der Waals surface area contributed by atoms with Gasteiger partial charge in [-0.05, 0) is 6.92 Å². The number of hydrogen-bond donors (Lipinski definition) is 2. The van der Waals surface area contributed by atoms with Crippen LogP contribution in [-0.4, -0.2) is 21.3 Å². The van der Waals surface area contributed by atoms with E-state index in [9.17, 15) is 0 Å². The van der Waals surface area contributed by atoms with Gasteiger partial charge in [0.2, 0.25) is 0 Å². The highest BCUT2D eigenvalue weighted by atomic mass is 35.5. The maximum absolute atomic E-state index is 7.95. The lowest BCUT2D eigenvalue weighted by atomic mass is 10.5. The summed E-state index contributed by atoms with van der Waals surface area (Å²) in [4.78, 5) is 0. The van der Waals surface area contributed by atoms with Crippen molar-refractivity contribution < 1.29 is 10.4 Å². The maximum atomic E-state index is 7.95. The third-order valence-electron chi connectivity index (χ3n) is 0.536. The summed E-state index contributed by atoms with van der Waals surface area (Å²) < 4.78 is 0. The Labute approximate surface area is 51.1 Å². The lowest BCUT2D eigenvalue weighted by molar-refractivity contribution is 0.315. The summed E-state index contributed by atoms with van der Waals surface area (Å²) in [6.07, 6.45) is 0. The summed E-state index contributed by atoms with van der Waals surface area (Å²) in [6.45, 7) is 1.40. The van der Waals surface area contributed by atoms with Crippen molar-refractivity contribution in [3.63, 3.8) is 0 Å². The molecule has 4 nitrogen and oxygen atoms in total. The average Bonchev–Trinajstić information content (AvgIpc) is 1.84. The van der Waals surface area contributed by atoms with Crippen molar-refractivity contribution >= 4 is 22.5 Å². The Morgan fingerprint density at radius 1 is 1.38 bits per heavy atom. The van der Waals surface area contributed by atoms with Gasteiger partial charge < -0.3 is 10.4 Å². The monoisotopic (exact) mass is 136 g/mol. The van der Waals surface area contributed by atoms with E-state index in [2.05, 4.69) is 10.3 Å². The first-order valence-corrected chi connectivity index (χ1v) is 2.16. The number of hydrogen-bond acceptors (Lipinski definition) is 4. The molecule has 0 aromatic heterocycles. The van der Waals surface area contributed by atoms with E-state index in [-0.39, 0.29) is 10.9 Å². The maximum Gasteiger partial charge on any atom is 0.192 e. The standard InChI is InChI=1S/C3H5ClN2O2/c1-2(5-7)3(4)6-8/h7-8H,1H3. The quantitative estimate of drug-likeness (QED) is 0.319. The zero-order valence-electron chi connectivity index (χ0n) is 4.17. The lowest BCUT2D eigenvalue weighted by Crippen LogP contribution is -2.01. The minimum Gasteiger partial charge on any atom is -0.411 e. The first-order chi connectivity index (χ1) is 3.72. The molecule has 0 radical (unpaired) electrons. The first-order valence-electron chi connectivity index (χ1n) is 1.79. The molecule has 0 spiro atoms. The van der Waals surface area contributed by atoms with Crippen LogP contribution >= 0.6 is 11.6 Å². The van der Waals surface area contributed by atoms with Crippen LogP contribution in [0.2, 0.25) is 0 Å². The van der Waals surface area contributed by atoms with E-state index in [1.165, 1.54) is 6.92 Å². The minimum atomic E-state index is -0.215. The largest absolute Gasteiger partial charge is 0.411 e. The van der Waals surface area contributed by atoms with E-state index in [1.807, 2.05) is 0 Å². The second-order valence-electron chi connectivity index (χ2n) is 1.08. The van der Waals surface area contributed by atoms with Gasteiger partial charge in [0.05, 0.1) is 0 Å². The number of rotatable bonds is 1. The molecule has 2 N–H and O–H groups in total. The molecule has 5 heteroatoms. The summed E-state index contributed by atoms with van der Waals surface area (Å²) in [5.74, 6) is 0. The molecule has 0 saturated heterocycles. The summed E-state index contributed by atoms with van der Waals surface area (Å²) in [6, 6.07) is 0. The van der Waals surface area contributed by atoms with Crippen LogP contribution in [-0.2, 0) is 0 Å². The normalized spacial score (nSPS) is 14.2. The molecule has 0 aliphatic heterocycles. The molecule has 8 heavy (non-hydrogen) atoms. The molecular formula is C3H5ClN2O2. The minimum absolute atomic E-state index is 0.0779. The zero-order valence-corrected chi connectivity index (χ0v) is 4.92. The Kier molecular flexibility index (Phi) is 2.95. The smallest absolute Gasteiger partial charge is 0.192 e. The summed E-state index contributed by atoms with van der Waals surface area (Å²) >= 11 is 5.13. The molecule has 0 fully saturated rings. The second-order valence-corrected chi connectivity index (χ2v) is 1.43. The van der Waals surface area contributed by atoms with Gasteiger partial charge in [0.25, 0.3) is 0 Å². The molecule has 0 rings (SSSR count). The van der Waals surface area contributed by atoms with E-state index in [0.29, 0.717) is 0 Å². The van der Waals surface area contributed by atoms with Gasteiger partial charge in [-0.25, -0.2) is 0 Å². The Balaban J connectivity index is 4.04. The van der Waals surface area contributed by atoms with Crippen LogP contribution in [0, 0.1) is 0 Å². The highest BCUT2D eigenvalue weighted by molar-refractivity contribution is 6.83. The SMILES string of the molecule is CC(=NO)C(Cl)=NO. The van der Waals surface area contributed by atoms with Crippen molar-refractivity contribution in [3.8, 4) is 0 Å². The van der Waals surface area contributed by atoms with Crippen LogP contribution in [0.3, 0.4) is 0 Å². The molecule has 0 atom stereocenters. The van der Waals surface area contributed by atoms with Crippen molar-refractivity contribution in [1.82, 2.24) is 0 Å². The fourth-order valence-corrected chi connectivity index (χ4v) is 0.151.